The fourth-order valence-electron chi connectivity index (χ4n) is 2.38. The fraction of sp³-hybridized carbons (Fsp3) is 1.00. The molecule has 0 aliphatic carbocycles. The van der Waals surface area contributed by atoms with Gasteiger partial charge in [0.2, 0.25) is 0 Å². The molecule has 0 aromatic heterocycles. The van der Waals surface area contributed by atoms with Crippen LogP contribution in [0.25, 0.3) is 0 Å². The Kier molecular flexibility index (Phi) is 17.8. The molecule has 0 spiro atoms. The van der Waals surface area contributed by atoms with Gasteiger partial charge in [-0.05, 0) is 58.5 Å². The largest absolute Gasteiger partial charge is 0.317 e. The third kappa shape index (κ3) is 16.0. The predicted molar refractivity (Wildman–Crippen MR) is 94.9 cm³/mol. The molecule has 0 aliphatic rings. The van der Waals surface area contributed by atoms with E-state index in [-0.39, 0.29) is 0 Å². The Balaban J connectivity index is 3.69. The molecule has 21 heavy (non-hydrogen) atoms. The lowest BCUT2D eigenvalue weighted by molar-refractivity contribution is 0.379. The maximum absolute atomic E-state index is 3.67. The van der Waals surface area contributed by atoms with Gasteiger partial charge in [-0.15, -0.1) is 0 Å². The van der Waals surface area contributed by atoms with Crippen LogP contribution >= 0.6 is 0 Å². The summed E-state index contributed by atoms with van der Waals surface area (Å²) in [6, 6.07) is 0. The van der Waals surface area contributed by atoms with Gasteiger partial charge in [0.25, 0.3) is 0 Å². The second-order valence-electron chi connectivity index (χ2n) is 5.72. The van der Waals surface area contributed by atoms with Crippen molar-refractivity contribution in [2.24, 2.45) is 0 Å². The van der Waals surface area contributed by atoms with Gasteiger partial charge in [0.05, 0.1) is 6.17 Å². The summed E-state index contributed by atoms with van der Waals surface area (Å²) in [5, 5.41) is 14.1. The molecule has 0 saturated carbocycles. The van der Waals surface area contributed by atoms with Gasteiger partial charge in [-0.1, -0.05) is 46.5 Å². The van der Waals surface area contributed by atoms with Crippen LogP contribution in [-0.4, -0.2) is 45.4 Å². The average molecular weight is 301 g/mol. The number of hydrogen-bond donors (Lipinski definition) is 4. The van der Waals surface area contributed by atoms with Crippen LogP contribution < -0.4 is 21.3 Å². The summed E-state index contributed by atoms with van der Waals surface area (Å²) in [5.41, 5.74) is 0. The van der Waals surface area contributed by atoms with Crippen LogP contribution in [0.2, 0.25) is 0 Å². The van der Waals surface area contributed by atoms with Crippen LogP contribution in [0.4, 0.5) is 0 Å². The van der Waals surface area contributed by atoms with E-state index in [1.165, 1.54) is 44.9 Å². The summed E-state index contributed by atoms with van der Waals surface area (Å²) in [6.45, 7) is 13.2. The molecule has 0 aromatic carbocycles. The molecule has 0 fully saturated rings. The van der Waals surface area contributed by atoms with E-state index in [1.807, 2.05) is 0 Å². The van der Waals surface area contributed by atoms with Crippen LogP contribution in [0.5, 0.6) is 0 Å². The van der Waals surface area contributed by atoms with Gasteiger partial charge in [0.1, 0.15) is 0 Å². The van der Waals surface area contributed by atoms with Crippen LogP contribution in [-0.2, 0) is 0 Å². The first-order valence-electron chi connectivity index (χ1n) is 9.23. The molecule has 0 radical (unpaired) electrons. The van der Waals surface area contributed by atoms with Gasteiger partial charge in [0.15, 0.2) is 0 Å². The topological polar surface area (TPSA) is 48.1 Å². The van der Waals surface area contributed by atoms with Crippen molar-refractivity contribution in [1.29, 1.82) is 0 Å². The van der Waals surface area contributed by atoms with E-state index >= 15 is 0 Å². The maximum Gasteiger partial charge on any atom is 0.0571 e. The summed E-state index contributed by atoms with van der Waals surface area (Å²) < 4.78 is 0. The number of unbranched alkanes of at least 4 members (excludes halogenated alkanes) is 3. The van der Waals surface area contributed by atoms with E-state index in [4.69, 9.17) is 0 Å². The minimum absolute atomic E-state index is 0.491. The van der Waals surface area contributed by atoms with Crippen LogP contribution in [0.1, 0.15) is 65.7 Å². The van der Waals surface area contributed by atoms with E-state index in [2.05, 4.69) is 42.0 Å². The predicted octanol–water partition coefficient (Wildman–Crippen LogP) is 2.46. The normalized spacial score (nSPS) is 11.4. The summed E-state index contributed by atoms with van der Waals surface area (Å²) in [4.78, 5) is 0. The lowest BCUT2D eigenvalue weighted by Crippen LogP contribution is -2.44. The molecular formula is C17H40N4. The molecule has 0 aromatic rings. The van der Waals surface area contributed by atoms with Crippen LogP contribution in [0.3, 0.4) is 0 Å². The molecule has 0 aliphatic heterocycles. The van der Waals surface area contributed by atoms with E-state index in [9.17, 15) is 0 Å². The molecule has 0 heterocycles. The van der Waals surface area contributed by atoms with E-state index in [1.54, 1.807) is 0 Å². The molecule has 0 bridgehead atoms. The Hall–Kier alpha value is -0.160. The van der Waals surface area contributed by atoms with Crippen molar-refractivity contribution in [2.75, 3.05) is 39.3 Å². The van der Waals surface area contributed by atoms with Crippen molar-refractivity contribution < 1.29 is 0 Å². The lowest BCUT2D eigenvalue weighted by atomic mass is 10.1. The highest BCUT2D eigenvalue weighted by Gasteiger charge is 2.06. The van der Waals surface area contributed by atoms with Crippen LogP contribution in [0.15, 0.2) is 0 Å². The van der Waals surface area contributed by atoms with E-state index in [0.29, 0.717) is 6.17 Å². The molecule has 0 rings (SSSR count). The molecule has 0 unspecified atom stereocenters. The highest BCUT2D eigenvalue weighted by atomic mass is 15.1. The van der Waals surface area contributed by atoms with Crippen LogP contribution in [0, 0.1) is 0 Å². The number of nitrogens with one attached hydrogen (secondary N) is 4. The Morgan fingerprint density at radius 1 is 0.619 bits per heavy atom. The Morgan fingerprint density at radius 2 is 1.19 bits per heavy atom. The van der Waals surface area contributed by atoms with Crippen molar-refractivity contribution >= 4 is 0 Å². The van der Waals surface area contributed by atoms with Crippen molar-refractivity contribution in [3.8, 4) is 0 Å². The molecule has 0 amide bonds. The number of rotatable bonds is 17. The first-order valence-corrected chi connectivity index (χ1v) is 9.23. The van der Waals surface area contributed by atoms with Gasteiger partial charge < -0.3 is 21.3 Å². The highest BCUT2D eigenvalue weighted by molar-refractivity contribution is 4.66. The molecule has 4 nitrogen and oxygen atoms in total. The zero-order valence-corrected chi connectivity index (χ0v) is 14.8. The minimum atomic E-state index is 0.491. The summed E-state index contributed by atoms with van der Waals surface area (Å²) in [6.07, 6.45) is 9.54. The molecule has 0 saturated heterocycles. The third-order valence-electron chi connectivity index (χ3n) is 3.69. The quantitative estimate of drug-likeness (QED) is 0.246. The fourth-order valence-corrected chi connectivity index (χ4v) is 2.38. The van der Waals surface area contributed by atoms with E-state index in [0.717, 1.165) is 39.3 Å². The molecule has 4 heteroatoms. The average Bonchev–Trinajstić information content (AvgIpc) is 2.50. The first kappa shape index (κ1) is 20.8. The van der Waals surface area contributed by atoms with Crippen molar-refractivity contribution in [3.63, 3.8) is 0 Å². The Labute approximate surface area is 133 Å². The van der Waals surface area contributed by atoms with Gasteiger partial charge in [-0.2, -0.15) is 0 Å². The molecule has 0 atom stereocenters. The van der Waals surface area contributed by atoms with Crippen molar-refractivity contribution in [1.82, 2.24) is 21.3 Å². The Bertz CT molecular complexity index is 174. The summed E-state index contributed by atoms with van der Waals surface area (Å²) >= 11 is 0. The summed E-state index contributed by atoms with van der Waals surface area (Å²) in [5.74, 6) is 0. The summed E-state index contributed by atoms with van der Waals surface area (Å²) in [7, 11) is 0. The SMILES string of the molecule is CCCCCCC(NCCCNCC)NCCCNCC. The first-order chi connectivity index (χ1) is 10.3. The molecule has 4 N–H and O–H groups in total. The van der Waals surface area contributed by atoms with Gasteiger partial charge >= 0.3 is 0 Å². The minimum Gasteiger partial charge on any atom is -0.317 e. The zero-order valence-electron chi connectivity index (χ0n) is 14.8. The maximum atomic E-state index is 3.67. The van der Waals surface area contributed by atoms with Gasteiger partial charge in [-0.3, -0.25) is 0 Å². The van der Waals surface area contributed by atoms with Gasteiger partial charge in [-0.25, -0.2) is 0 Å². The van der Waals surface area contributed by atoms with Gasteiger partial charge in [0, 0.05) is 0 Å². The van der Waals surface area contributed by atoms with Crippen molar-refractivity contribution in [2.45, 2.75) is 71.9 Å². The smallest absolute Gasteiger partial charge is 0.0571 e. The van der Waals surface area contributed by atoms with Crippen molar-refractivity contribution in [3.05, 3.63) is 0 Å². The second-order valence-corrected chi connectivity index (χ2v) is 5.72. The van der Waals surface area contributed by atoms with E-state index < -0.39 is 0 Å². The monoisotopic (exact) mass is 300 g/mol. The Morgan fingerprint density at radius 3 is 1.67 bits per heavy atom. The molecular weight excluding hydrogens is 260 g/mol. The highest BCUT2D eigenvalue weighted by Crippen LogP contribution is 2.04. The molecule has 128 valence electrons. The standard InChI is InChI=1S/C17H40N4/c1-4-7-8-9-12-17(20-15-10-13-18-5-2)21-16-11-14-19-6-3/h17-21H,4-16H2,1-3H3. The zero-order chi connectivity index (χ0) is 15.6. The lowest BCUT2D eigenvalue weighted by Gasteiger charge is -2.20. The second kappa shape index (κ2) is 17.9. The third-order valence-corrected chi connectivity index (χ3v) is 3.69. The number of hydrogen-bond acceptors (Lipinski definition) is 4.